The Labute approximate surface area is 332 Å². The van der Waals surface area contributed by atoms with E-state index in [9.17, 15) is 5.26 Å². The molecule has 8 rings (SSSR count). The van der Waals surface area contributed by atoms with Crippen molar-refractivity contribution in [2.45, 2.75) is 45.8 Å². The molecule has 269 valence electrons. The zero-order valence-corrected chi connectivity index (χ0v) is 34.5. The van der Waals surface area contributed by atoms with Gasteiger partial charge in [0.2, 0.25) is 0 Å². The quantitative estimate of drug-likeness (QED) is 0.118. The fourth-order valence-electron chi connectivity index (χ4n) is 6.75. The van der Waals surface area contributed by atoms with E-state index in [1.807, 2.05) is 66.9 Å². The van der Waals surface area contributed by atoms with Crippen LogP contribution in [0.1, 0.15) is 42.0 Å². The molecule has 0 unspecified atom stereocenters. The average molecular weight is 896 g/mol. The van der Waals surface area contributed by atoms with Gasteiger partial charge in [-0.2, -0.15) is 0 Å². The molecule has 6 heteroatoms. The fourth-order valence-corrected chi connectivity index (χ4v) is 8.43. The SMILES string of the molecule is CC(C)c1cc(-c2[c-]ccc(-c3ccccc3)c2)ncc1[Si](C)(C)C.N#Cc1c[c-]c(-c2cc(Cc3ccccc3)ccn2)c2oc3ccccc3c12.[Ir]. The number of nitrogens with zero attached hydrogens (tertiary/aromatic N) is 3. The predicted octanol–water partition coefficient (Wildman–Crippen LogP) is 11.8. The van der Waals surface area contributed by atoms with E-state index in [2.05, 4.69) is 124 Å². The van der Waals surface area contributed by atoms with Gasteiger partial charge in [0.1, 0.15) is 5.58 Å². The van der Waals surface area contributed by atoms with Crippen molar-refractivity contribution in [3.8, 4) is 39.7 Å². The summed E-state index contributed by atoms with van der Waals surface area (Å²) in [7, 11) is -1.40. The van der Waals surface area contributed by atoms with Crippen molar-refractivity contribution in [1.29, 1.82) is 5.26 Å². The van der Waals surface area contributed by atoms with Gasteiger partial charge >= 0.3 is 0 Å². The maximum Gasteiger partial charge on any atom is 0.120 e. The molecule has 54 heavy (non-hydrogen) atoms. The second-order valence-corrected chi connectivity index (χ2v) is 19.7. The van der Waals surface area contributed by atoms with Gasteiger partial charge in [-0.15, -0.1) is 47.5 Å². The number of fused-ring (bicyclic) bond motifs is 3. The van der Waals surface area contributed by atoms with E-state index in [4.69, 9.17) is 9.40 Å². The molecular formula is C48H41IrN3OSi-2. The molecule has 0 N–H and O–H groups in total. The minimum atomic E-state index is -1.40. The number of nitriles is 1. The van der Waals surface area contributed by atoms with Gasteiger partial charge in [-0.05, 0) is 68.7 Å². The summed E-state index contributed by atoms with van der Waals surface area (Å²) in [5.74, 6) is 0.501. The van der Waals surface area contributed by atoms with E-state index in [0.717, 1.165) is 45.3 Å². The Morgan fingerprint density at radius 1 is 0.759 bits per heavy atom. The van der Waals surface area contributed by atoms with Gasteiger partial charge in [0, 0.05) is 44.0 Å². The van der Waals surface area contributed by atoms with Crippen molar-refractivity contribution >= 4 is 35.2 Å². The summed E-state index contributed by atoms with van der Waals surface area (Å²) < 4.78 is 6.12. The van der Waals surface area contributed by atoms with Crippen molar-refractivity contribution in [3.63, 3.8) is 0 Å². The van der Waals surface area contributed by atoms with Crippen LogP contribution in [0.4, 0.5) is 0 Å². The minimum Gasteiger partial charge on any atom is -0.501 e. The van der Waals surface area contributed by atoms with Crippen LogP contribution in [-0.2, 0) is 26.5 Å². The zero-order chi connectivity index (χ0) is 37.0. The molecule has 0 amide bonds. The summed E-state index contributed by atoms with van der Waals surface area (Å²) in [5, 5.41) is 12.8. The number of rotatable bonds is 7. The van der Waals surface area contributed by atoms with Crippen molar-refractivity contribution in [1.82, 2.24) is 9.97 Å². The summed E-state index contributed by atoms with van der Waals surface area (Å²) >= 11 is 0. The van der Waals surface area contributed by atoms with E-state index in [1.54, 1.807) is 6.07 Å². The van der Waals surface area contributed by atoms with Crippen LogP contribution >= 0.6 is 0 Å². The van der Waals surface area contributed by atoms with Crippen LogP contribution in [0.25, 0.3) is 55.6 Å². The van der Waals surface area contributed by atoms with Gasteiger partial charge in [-0.25, -0.2) is 5.26 Å². The number of pyridine rings is 2. The molecule has 5 aromatic carbocycles. The maximum absolute atomic E-state index is 9.56. The van der Waals surface area contributed by atoms with E-state index >= 15 is 0 Å². The van der Waals surface area contributed by atoms with Gasteiger partial charge in [0.05, 0.1) is 13.7 Å². The molecule has 8 aromatic rings. The Balaban J connectivity index is 0.000000182. The second-order valence-electron chi connectivity index (χ2n) is 14.6. The molecule has 0 fully saturated rings. The van der Waals surface area contributed by atoms with Gasteiger partial charge in [-0.1, -0.05) is 136 Å². The first-order valence-electron chi connectivity index (χ1n) is 18.0. The van der Waals surface area contributed by atoms with Gasteiger partial charge < -0.3 is 14.4 Å². The first kappa shape index (κ1) is 38.3. The molecule has 3 heterocycles. The van der Waals surface area contributed by atoms with Crippen molar-refractivity contribution in [2.24, 2.45) is 0 Å². The largest absolute Gasteiger partial charge is 0.501 e. The Kier molecular flexibility index (Phi) is 11.8. The Hall–Kier alpha value is -5.44. The molecule has 4 nitrogen and oxygen atoms in total. The summed E-state index contributed by atoms with van der Waals surface area (Å²) in [6.07, 6.45) is 4.75. The van der Waals surface area contributed by atoms with Crippen molar-refractivity contribution in [2.75, 3.05) is 0 Å². The molecule has 0 bridgehead atoms. The molecule has 0 aliphatic carbocycles. The number of hydrogen-bond donors (Lipinski definition) is 0. The van der Waals surface area contributed by atoms with E-state index in [-0.39, 0.29) is 20.1 Å². The molecule has 3 aromatic heterocycles. The molecule has 0 saturated carbocycles. The van der Waals surface area contributed by atoms with Crippen LogP contribution in [0, 0.1) is 23.5 Å². The van der Waals surface area contributed by atoms with Crippen LogP contribution < -0.4 is 5.19 Å². The van der Waals surface area contributed by atoms with Crippen LogP contribution in [0.15, 0.2) is 144 Å². The smallest absolute Gasteiger partial charge is 0.120 e. The first-order valence-corrected chi connectivity index (χ1v) is 21.5. The number of benzene rings is 5. The van der Waals surface area contributed by atoms with E-state index in [0.29, 0.717) is 17.1 Å². The van der Waals surface area contributed by atoms with Gasteiger partial charge in [0.25, 0.3) is 0 Å². The zero-order valence-electron chi connectivity index (χ0n) is 31.1. The molecule has 1 radical (unpaired) electrons. The fraction of sp³-hybridized carbons (Fsp3) is 0.146. The molecule has 0 aliphatic heterocycles. The maximum atomic E-state index is 9.56. The molecule has 0 spiro atoms. The summed E-state index contributed by atoms with van der Waals surface area (Å²) in [4.78, 5) is 9.35. The van der Waals surface area contributed by atoms with Gasteiger partial charge in [-0.3, -0.25) is 0 Å². The van der Waals surface area contributed by atoms with E-state index in [1.165, 1.54) is 33.0 Å². The second kappa shape index (κ2) is 16.7. The Bertz CT molecular complexity index is 2570. The number of para-hydroxylation sites is 1. The summed E-state index contributed by atoms with van der Waals surface area (Å²) in [6, 6.07) is 51.8. The van der Waals surface area contributed by atoms with Crippen LogP contribution in [-0.4, -0.2) is 18.0 Å². The van der Waals surface area contributed by atoms with Crippen LogP contribution in [0.3, 0.4) is 0 Å². The molecule has 0 aliphatic rings. The third-order valence-corrected chi connectivity index (χ3v) is 11.5. The average Bonchev–Trinajstić information content (AvgIpc) is 3.58. The third-order valence-electron chi connectivity index (χ3n) is 9.46. The number of aromatic nitrogens is 2. The predicted molar refractivity (Wildman–Crippen MR) is 221 cm³/mol. The molecule has 0 atom stereocenters. The van der Waals surface area contributed by atoms with Gasteiger partial charge in [0.15, 0.2) is 0 Å². The summed E-state index contributed by atoms with van der Waals surface area (Å²) in [6.45, 7) is 11.7. The monoisotopic (exact) mass is 896 g/mol. The van der Waals surface area contributed by atoms with Crippen LogP contribution in [0.2, 0.25) is 19.6 Å². The number of furan rings is 1. The number of hydrogen-bond acceptors (Lipinski definition) is 4. The van der Waals surface area contributed by atoms with Crippen molar-refractivity contribution in [3.05, 3.63) is 174 Å². The molecular weight excluding hydrogens is 855 g/mol. The topological polar surface area (TPSA) is 62.7 Å². The van der Waals surface area contributed by atoms with E-state index < -0.39 is 8.07 Å². The third kappa shape index (κ3) is 8.35. The Morgan fingerprint density at radius 2 is 1.48 bits per heavy atom. The van der Waals surface area contributed by atoms with Crippen molar-refractivity contribution < 1.29 is 24.5 Å². The standard InChI is InChI=1S/C25H15N2O.C23H26NSi.Ir/c26-16-19-10-11-20(25-24(19)21-8-4-5-9-23(21)28-25)22-15-18(12-13-27-22)14-17-6-2-1-3-7-17;1-17(2)21-15-22(24-16-23(21)25(3,4)5)20-13-9-12-19(14-20)18-10-7-6-8-11-18;/h1-10,12-13,15H,14H2;6-12,14-17H,1-5H3;/q2*-1;. The Morgan fingerprint density at radius 3 is 2.20 bits per heavy atom. The first-order chi connectivity index (χ1) is 25.7. The summed E-state index contributed by atoms with van der Waals surface area (Å²) in [5.41, 5.74) is 11.9. The minimum absolute atomic E-state index is 0. The normalized spacial score (nSPS) is 11.1. The molecule has 0 saturated heterocycles. The van der Waals surface area contributed by atoms with Crippen LogP contribution in [0.5, 0.6) is 0 Å².